The monoisotopic (exact) mass is 398 g/mol. The number of carboxylic acids is 1. The molecular formula is C22H26N2O5. The van der Waals surface area contributed by atoms with Gasteiger partial charge in [0.05, 0.1) is 27.2 Å². The number of carboxylic acid groups (broad SMARTS) is 1. The van der Waals surface area contributed by atoms with E-state index in [-0.39, 0.29) is 18.9 Å². The molecule has 0 spiro atoms. The molecule has 1 unspecified atom stereocenters. The van der Waals surface area contributed by atoms with Crippen molar-refractivity contribution in [3.8, 4) is 11.5 Å². The number of ether oxygens (including phenoxy) is 2. The number of fused-ring (bicyclic) bond motifs is 1. The number of para-hydroxylation sites is 1. The lowest BCUT2D eigenvalue weighted by Gasteiger charge is -2.36. The molecule has 7 heteroatoms. The Morgan fingerprint density at radius 3 is 2.52 bits per heavy atom. The van der Waals surface area contributed by atoms with Crippen LogP contribution in [0.15, 0.2) is 36.4 Å². The number of benzene rings is 2. The maximum atomic E-state index is 12.7. The van der Waals surface area contributed by atoms with Crippen molar-refractivity contribution in [3.63, 3.8) is 0 Å². The molecule has 0 bridgehead atoms. The Labute approximate surface area is 170 Å². The Hall–Kier alpha value is -3.06. The van der Waals surface area contributed by atoms with E-state index in [2.05, 4.69) is 5.32 Å². The number of carbonyl (C=O) groups is 2. The lowest BCUT2D eigenvalue weighted by atomic mass is 9.90. The number of nitrogens with one attached hydrogen (secondary N) is 1. The average molecular weight is 398 g/mol. The summed E-state index contributed by atoms with van der Waals surface area (Å²) >= 11 is 0. The van der Waals surface area contributed by atoms with E-state index in [0.717, 1.165) is 22.4 Å². The van der Waals surface area contributed by atoms with Gasteiger partial charge in [0.1, 0.15) is 0 Å². The molecule has 1 amide bonds. The fourth-order valence-corrected chi connectivity index (χ4v) is 3.76. The molecule has 2 aromatic rings. The predicted octanol–water partition coefficient (Wildman–Crippen LogP) is 3.02. The first-order valence-corrected chi connectivity index (χ1v) is 9.49. The van der Waals surface area contributed by atoms with Gasteiger partial charge in [0.15, 0.2) is 11.5 Å². The van der Waals surface area contributed by atoms with Crippen LogP contribution in [0.3, 0.4) is 0 Å². The molecule has 1 aliphatic heterocycles. The zero-order chi connectivity index (χ0) is 21.0. The van der Waals surface area contributed by atoms with Gasteiger partial charge in [-0.1, -0.05) is 18.2 Å². The first-order valence-electron chi connectivity index (χ1n) is 9.49. The van der Waals surface area contributed by atoms with Crippen molar-refractivity contribution < 1.29 is 24.2 Å². The van der Waals surface area contributed by atoms with Crippen LogP contribution < -0.4 is 14.8 Å². The molecule has 0 saturated heterocycles. The summed E-state index contributed by atoms with van der Waals surface area (Å²) in [6, 6.07) is 10.9. The third-order valence-corrected chi connectivity index (χ3v) is 5.25. The number of anilines is 1. The maximum absolute atomic E-state index is 12.7. The summed E-state index contributed by atoms with van der Waals surface area (Å²) in [4.78, 5) is 26.1. The van der Waals surface area contributed by atoms with Crippen LogP contribution in [0.4, 0.5) is 5.69 Å². The number of methoxy groups -OCH3 is 2. The molecule has 2 aromatic carbocycles. The molecule has 0 fully saturated rings. The summed E-state index contributed by atoms with van der Waals surface area (Å²) in [6.07, 6.45) is 0.601. The molecular weight excluding hydrogens is 372 g/mol. The normalized spacial score (nSPS) is 16.0. The van der Waals surface area contributed by atoms with Gasteiger partial charge >= 0.3 is 5.97 Å². The third kappa shape index (κ3) is 4.68. The van der Waals surface area contributed by atoms with Crippen molar-refractivity contribution in [1.29, 1.82) is 0 Å². The van der Waals surface area contributed by atoms with E-state index in [9.17, 15) is 14.7 Å². The van der Waals surface area contributed by atoms with Crippen LogP contribution in [-0.2, 0) is 16.0 Å². The molecule has 154 valence electrons. The highest BCUT2D eigenvalue weighted by molar-refractivity contribution is 5.93. The molecule has 7 nitrogen and oxygen atoms in total. The molecule has 29 heavy (non-hydrogen) atoms. The minimum atomic E-state index is -0.915. The molecule has 0 aliphatic carbocycles. The minimum absolute atomic E-state index is 0.0971. The van der Waals surface area contributed by atoms with Gasteiger partial charge in [-0.2, -0.15) is 0 Å². The number of rotatable bonds is 7. The van der Waals surface area contributed by atoms with Gasteiger partial charge in [0.25, 0.3) is 0 Å². The van der Waals surface area contributed by atoms with Crippen LogP contribution in [0.25, 0.3) is 0 Å². The summed E-state index contributed by atoms with van der Waals surface area (Å²) in [6.45, 7) is 2.63. The highest BCUT2D eigenvalue weighted by atomic mass is 16.5. The maximum Gasteiger partial charge on any atom is 0.305 e. The number of hydrogen-bond donors (Lipinski definition) is 2. The SMILES string of the molecule is COc1cc2c(cc1OC)C(CC(=O)O)N(CC(=O)Nc1ccccc1C)CC2. The van der Waals surface area contributed by atoms with Crippen molar-refractivity contribution in [3.05, 3.63) is 53.1 Å². The van der Waals surface area contributed by atoms with Crippen LogP contribution in [0.1, 0.15) is 29.2 Å². The summed E-state index contributed by atoms with van der Waals surface area (Å²) < 4.78 is 10.8. The van der Waals surface area contributed by atoms with Gasteiger partial charge in [0, 0.05) is 18.3 Å². The average Bonchev–Trinajstić information content (AvgIpc) is 2.70. The zero-order valence-electron chi connectivity index (χ0n) is 16.9. The van der Waals surface area contributed by atoms with Gasteiger partial charge in [-0.25, -0.2) is 0 Å². The van der Waals surface area contributed by atoms with Gasteiger partial charge in [-0.3, -0.25) is 14.5 Å². The first kappa shape index (κ1) is 20.7. The van der Waals surface area contributed by atoms with Crippen LogP contribution in [0, 0.1) is 6.92 Å². The van der Waals surface area contributed by atoms with Crippen LogP contribution in [-0.4, -0.2) is 49.2 Å². The van der Waals surface area contributed by atoms with E-state index < -0.39 is 12.0 Å². The summed E-state index contributed by atoms with van der Waals surface area (Å²) in [7, 11) is 3.12. The fourth-order valence-electron chi connectivity index (χ4n) is 3.76. The van der Waals surface area contributed by atoms with Crippen LogP contribution in [0.5, 0.6) is 11.5 Å². The lowest BCUT2D eigenvalue weighted by molar-refractivity contribution is -0.139. The largest absolute Gasteiger partial charge is 0.493 e. The van der Waals surface area contributed by atoms with Crippen molar-refractivity contribution in [2.75, 3.05) is 32.6 Å². The fraction of sp³-hybridized carbons (Fsp3) is 0.364. The standard InChI is InChI=1S/C22H26N2O5/c1-14-6-4-5-7-17(14)23-21(25)13-24-9-8-15-10-19(28-2)20(29-3)11-16(15)18(24)12-22(26)27/h4-7,10-11,18H,8-9,12-13H2,1-3H3,(H,23,25)(H,26,27). The Bertz CT molecular complexity index is 912. The van der Waals surface area contributed by atoms with Gasteiger partial charge in [0.2, 0.25) is 5.91 Å². The molecule has 0 saturated carbocycles. The molecule has 1 heterocycles. The smallest absolute Gasteiger partial charge is 0.305 e. The second-order valence-corrected chi connectivity index (χ2v) is 7.10. The van der Waals surface area contributed by atoms with Crippen molar-refractivity contribution in [2.45, 2.75) is 25.8 Å². The van der Waals surface area contributed by atoms with Gasteiger partial charge in [-0.15, -0.1) is 0 Å². The van der Waals surface area contributed by atoms with Crippen molar-refractivity contribution >= 4 is 17.6 Å². The summed E-state index contributed by atoms with van der Waals surface area (Å²) in [5.41, 5.74) is 3.62. The number of aryl methyl sites for hydroxylation is 1. The first-order chi connectivity index (χ1) is 13.9. The Kier molecular flexibility index (Phi) is 6.39. The predicted molar refractivity (Wildman–Crippen MR) is 110 cm³/mol. The quantitative estimate of drug-likeness (QED) is 0.745. The number of aliphatic carboxylic acids is 1. The Morgan fingerprint density at radius 2 is 1.86 bits per heavy atom. The van der Waals surface area contributed by atoms with E-state index in [0.29, 0.717) is 24.5 Å². The van der Waals surface area contributed by atoms with E-state index in [1.54, 1.807) is 14.2 Å². The van der Waals surface area contributed by atoms with Crippen molar-refractivity contribution in [1.82, 2.24) is 4.90 Å². The van der Waals surface area contributed by atoms with Crippen molar-refractivity contribution in [2.24, 2.45) is 0 Å². The van der Waals surface area contributed by atoms with Gasteiger partial charge < -0.3 is 19.9 Å². The molecule has 1 atom stereocenters. The summed E-state index contributed by atoms with van der Waals surface area (Å²) in [5.74, 6) is 0.0829. The zero-order valence-corrected chi connectivity index (χ0v) is 16.9. The van der Waals surface area contributed by atoms with Crippen LogP contribution in [0.2, 0.25) is 0 Å². The van der Waals surface area contributed by atoms with E-state index in [1.165, 1.54) is 0 Å². The highest BCUT2D eigenvalue weighted by Gasteiger charge is 2.32. The minimum Gasteiger partial charge on any atom is -0.493 e. The van der Waals surface area contributed by atoms with E-state index in [4.69, 9.17) is 9.47 Å². The number of amides is 1. The topological polar surface area (TPSA) is 88.1 Å². The second kappa shape index (κ2) is 8.96. The highest BCUT2D eigenvalue weighted by Crippen LogP contribution is 2.39. The van der Waals surface area contributed by atoms with E-state index in [1.807, 2.05) is 48.2 Å². The molecule has 1 aliphatic rings. The van der Waals surface area contributed by atoms with Crippen LogP contribution >= 0.6 is 0 Å². The number of nitrogens with zero attached hydrogens (tertiary/aromatic N) is 1. The van der Waals surface area contributed by atoms with Gasteiger partial charge in [-0.05, 0) is 48.2 Å². The molecule has 3 rings (SSSR count). The van der Waals surface area contributed by atoms with E-state index >= 15 is 0 Å². The third-order valence-electron chi connectivity index (χ3n) is 5.25. The molecule has 0 radical (unpaired) electrons. The molecule has 2 N–H and O–H groups in total. The Morgan fingerprint density at radius 1 is 1.17 bits per heavy atom. The second-order valence-electron chi connectivity index (χ2n) is 7.10. The lowest BCUT2D eigenvalue weighted by Crippen LogP contribution is -2.41. The Balaban J connectivity index is 1.84. The number of hydrogen-bond acceptors (Lipinski definition) is 5. The summed E-state index contributed by atoms with van der Waals surface area (Å²) in [5, 5.41) is 12.4. The molecule has 0 aromatic heterocycles. The number of carbonyl (C=O) groups excluding carboxylic acids is 1.